The standard InChI is InChI=1S/C18H21N3O3/c1-12-15(17(22)19-2)8-5-9-16(12)21-18(23)20-11-13-6-4-7-14(10-13)24-3/h4-10H,11H2,1-3H3,(H,19,22)(H2,20,21,23). The quantitative estimate of drug-likeness (QED) is 0.790. The van der Waals surface area contributed by atoms with E-state index in [2.05, 4.69) is 16.0 Å². The van der Waals surface area contributed by atoms with Gasteiger partial charge in [0.1, 0.15) is 5.75 Å². The van der Waals surface area contributed by atoms with Gasteiger partial charge in [0.25, 0.3) is 5.91 Å². The number of carbonyl (C=O) groups excluding carboxylic acids is 2. The minimum atomic E-state index is -0.338. The minimum Gasteiger partial charge on any atom is -0.497 e. The number of nitrogens with one attached hydrogen (secondary N) is 3. The van der Waals surface area contributed by atoms with Gasteiger partial charge >= 0.3 is 6.03 Å². The summed E-state index contributed by atoms with van der Waals surface area (Å²) in [6.45, 7) is 2.17. The average molecular weight is 327 g/mol. The normalized spacial score (nSPS) is 9.96. The van der Waals surface area contributed by atoms with E-state index in [1.54, 1.807) is 39.3 Å². The van der Waals surface area contributed by atoms with Crippen LogP contribution in [-0.2, 0) is 6.54 Å². The van der Waals surface area contributed by atoms with Crippen molar-refractivity contribution in [3.05, 3.63) is 59.2 Å². The average Bonchev–Trinajstić information content (AvgIpc) is 2.61. The maximum absolute atomic E-state index is 12.1. The number of ether oxygens (including phenoxy) is 1. The highest BCUT2D eigenvalue weighted by Crippen LogP contribution is 2.19. The zero-order chi connectivity index (χ0) is 17.5. The summed E-state index contributed by atoms with van der Waals surface area (Å²) >= 11 is 0. The molecule has 3 amide bonds. The van der Waals surface area contributed by atoms with Crippen molar-refractivity contribution in [3.63, 3.8) is 0 Å². The highest BCUT2D eigenvalue weighted by Gasteiger charge is 2.11. The van der Waals surface area contributed by atoms with Crippen molar-refractivity contribution in [3.8, 4) is 5.75 Å². The lowest BCUT2D eigenvalue weighted by atomic mass is 10.1. The van der Waals surface area contributed by atoms with Gasteiger partial charge in [-0.15, -0.1) is 0 Å². The highest BCUT2D eigenvalue weighted by molar-refractivity contribution is 5.98. The molecule has 3 N–H and O–H groups in total. The van der Waals surface area contributed by atoms with Gasteiger partial charge in [0, 0.05) is 24.8 Å². The maximum atomic E-state index is 12.1. The van der Waals surface area contributed by atoms with Gasteiger partial charge in [-0.2, -0.15) is 0 Å². The van der Waals surface area contributed by atoms with E-state index in [0.29, 0.717) is 23.4 Å². The number of benzene rings is 2. The summed E-state index contributed by atoms with van der Waals surface area (Å²) in [5, 5.41) is 8.13. The first kappa shape index (κ1) is 17.3. The molecule has 0 aromatic heterocycles. The van der Waals surface area contributed by atoms with Crippen molar-refractivity contribution >= 4 is 17.6 Å². The molecule has 0 atom stereocenters. The fourth-order valence-electron chi connectivity index (χ4n) is 2.28. The van der Waals surface area contributed by atoms with E-state index in [-0.39, 0.29) is 11.9 Å². The second-order valence-corrected chi connectivity index (χ2v) is 5.22. The largest absolute Gasteiger partial charge is 0.497 e. The monoisotopic (exact) mass is 327 g/mol. The van der Waals surface area contributed by atoms with Crippen LogP contribution in [-0.4, -0.2) is 26.1 Å². The molecule has 24 heavy (non-hydrogen) atoms. The first-order valence-electron chi connectivity index (χ1n) is 7.54. The minimum absolute atomic E-state index is 0.187. The van der Waals surface area contributed by atoms with Crippen LogP contribution in [0.4, 0.5) is 10.5 Å². The molecule has 0 spiro atoms. The molecule has 2 aromatic carbocycles. The van der Waals surface area contributed by atoms with Crippen molar-refractivity contribution < 1.29 is 14.3 Å². The lowest BCUT2D eigenvalue weighted by Crippen LogP contribution is -2.29. The molecule has 0 saturated heterocycles. The van der Waals surface area contributed by atoms with Crippen LogP contribution in [0.3, 0.4) is 0 Å². The zero-order valence-corrected chi connectivity index (χ0v) is 14.0. The molecule has 2 aromatic rings. The Bertz CT molecular complexity index is 744. The van der Waals surface area contributed by atoms with Crippen LogP contribution >= 0.6 is 0 Å². The summed E-state index contributed by atoms with van der Waals surface area (Å²) in [6.07, 6.45) is 0. The van der Waals surface area contributed by atoms with Crippen LogP contribution in [0.15, 0.2) is 42.5 Å². The fraction of sp³-hybridized carbons (Fsp3) is 0.222. The van der Waals surface area contributed by atoms with Gasteiger partial charge in [-0.25, -0.2) is 4.79 Å². The molecule has 2 rings (SSSR count). The summed E-state index contributed by atoms with van der Waals surface area (Å²) in [7, 11) is 3.17. The zero-order valence-electron chi connectivity index (χ0n) is 14.0. The number of rotatable bonds is 5. The Balaban J connectivity index is 2.01. The third-order valence-corrected chi connectivity index (χ3v) is 3.64. The molecule has 0 aliphatic rings. The number of hydrogen-bond donors (Lipinski definition) is 3. The Labute approximate surface area is 141 Å². The van der Waals surface area contributed by atoms with E-state index in [0.717, 1.165) is 11.3 Å². The van der Waals surface area contributed by atoms with E-state index >= 15 is 0 Å². The van der Waals surface area contributed by atoms with Gasteiger partial charge in [0.2, 0.25) is 0 Å². The summed E-state index contributed by atoms with van der Waals surface area (Å²) in [5.41, 5.74) is 2.77. The number of anilines is 1. The van der Waals surface area contributed by atoms with Crippen molar-refractivity contribution in [1.82, 2.24) is 10.6 Å². The summed E-state index contributed by atoms with van der Waals surface area (Å²) in [6, 6.07) is 12.3. The molecular formula is C18H21N3O3. The van der Waals surface area contributed by atoms with Gasteiger partial charge in [-0.3, -0.25) is 4.79 Å². The van der Waals surface area contributed by atoms with Crippen molar-refractivity contribution in [1.29, 1.82) is 0 Å². The second-order valence-electron chi connectivity index (χ2n) is 5.22. The molecule has 0 radical (unpaired) electrons. The molecule has 0 unspecified atom stereocenters. The van der Waals surface area contributed by atoms with E-state index < -0.39 is 0 Å². The van der Waals surface area contributed by atoms with Crippen molar-refractivity contribution in [2.24, 2.45) is 0 Å². The molecule has 0 aliphatic heterocycles. The Hall–Kier alpha value is -3.02. The van der Waals surface area contributed by atoms with Crippen LogP contribution in [0.5, 0.6) is 5.75 Å². The van der Waals surface area contributed by atoms with Gasteiger partial charge < -0.3 is 20.7 Å². The summed E-state index contributed by atoms with van der Waals surface area (Å²) < 4.78 is 5.15. The Morgan fingerprint density at radius 3 is 2.58 bits per heavy atom. The summed E-state index contributed by atoms with van der Waals surface area (Å²) in [5.74, 6) is 0.553. The molecule has 6 heteroatoms. The SMILES string of the molecule is CNC(=O)c1cccc(NC(=O)NCc2cccc(OC)c2)c1C. The molecule has 0 fully saturated rings. The molecule has 0 bridgehead atoms. The predicted molar refractivity (Wildman–Crippen MR) is 93.4 cm³/mol. The first-order valence-corrected chi connectivity index (χ1v) is 7.54. The van der Waals surface area contributed by atoms with Crippen LogP contribution in [0.2, 0.25) is 0 Å². The van der Waals surface area contributed by atoms with Crippen molar-refractivity contribution in [2.75, 3.05) is 19.5 Å². The number of methoxy groups -OCH3 is 1. The molecule has 126 valence electrons. The van der Waals surface area contributed by atoms with E-state index in [4.69, 9.17) is 4.74 Å². The third-order valence-electron chi connectivity index (χ3n) is 3.64. The van der Waals surface area contributed by atoms with Crippen LogP contribution in [0.25, 0.3) is 0 Å². The molecule has 0 saturated carbocycles. The first-order chi connectivity index (χ1) is 11.5. The number of carbonyl (C=O) groups is 2. The van der Waals surface area contributed by atoms with E-state index in [1.807, 2.05) is 24.3 Å². The van der Waals surface area contributed by atoms with Gasteiger partial charge in [-0.1, -0.05) is 18.2 Å². The van der Waals surface area contributed by atoms with Gasteiger partial charge in [-0.05, 0) is 42.3 Å². The second kappa shape index (κ2) is 8.01. The highest BCUT2D eigenvalue weighted by atomic mass is 16.5. The van der Waals surface area contributed by atoms with E-state index in [1.165, 1.54) is 0 Å². The fourth-order valence-corrected chi connectivity index (χ4v) is 2.28. The Morgan fingerprint density at radius 1 is 1.12 bits per heavy atom. The Kier molecular flexibility index (Phi) is 5.78. The predicted octanol–water partition coefficient (Wildman–Crippen LogP) is 2.68. The summed E-state index contributed by atoms with van der Waals surface area (Å²) in [4.78, 5) is 23.9. The molecule has 0 aliphatic carbocycles. The maximum Gasteiger partial charge on any atom is 0.319 e. The molecule has 6 nitrogen and oxygen atoms in total. The van der Waals surface area contributed by atoms with Gasteiger partial charge in [0.05, 0.1) is 7.11 Å². The topological polar surface area (TPSA) is 79.5 Å². The smallest absolute Gasteiger partial charge is 0.319 e. The van der Waals surface area contributed by atoms with Crippen molar-refractivity contribution in [2.45, 2.75) is 13.5 Å². The lowest BCUT2D eigenvalue weighted by Gasteiger charge is -2.13. The Morgan fingerprint density at radius 2 is 1.88 bits per heavy atom. The van der Waals surface area contributed by atoms with Gasteiger partial charge in [0.15, 0.2) is 0 Å². The lowest BCUT2D eigenvalue weighted by molar-refractivity contribution is 0.0962. The third kappa shape index (κ3) is 4.25. The van der Waals surface area contributed by atoms with E-state index in [9.17, 15) is 9.59 Å². The van der Waals surface area contributed by atoms with Crippen LogP contribution in [0, 0.1) is 6.92 Å². The van der Waals surface area contributed by atoms with Crippen LogP contribution < -0.4 is 20.7 Å². The number of hydrogen-bond acceptors (Lipinski definition) is 3. The van der Waals surface area contributed by atoms with Crippen LogP contribution in [0.1, 0.15) is 21.5 Å². The molecule has 0 heterocycles. The number of amides is 3. The molecular weight excluding hydrogens is 306 g/mol. The number of urea groups is 1.